The molecular formula is C27H37N3O3. The molecule has 0 bridgehead atoms. The Morgan fingerprint density at radius 3 is 2.42 bits per heavy atom. The highest BCUT2D eigenvalue weighted by Crippen LogP contribution is 2.25. The molecule has 3 heterocycles. The summed E-state index contributed by atoms with van der Waals surface area (Å²) in [5, 5.41) is 8.64. The van der Waals surface area contributed by atoms with E-state index in [4.69, 9.17) is 14.8 Å². The Morgan fingerprint density at radius 2 is 1.76 bits per heavy atom. The van der Waals surface area contributed by atoms with Crippen molar-refractivity contribution in [2.75, 3.05) is 6.61 Å². The summed E-state index contributed by atoms with van der Waals surface area (Å²) in [5.41, 5.74) is 5.03. The Bertz CT molecular complexity index is 951. The number of hydrogen-bond donors (Lipinski definition) is 3. The fraction of sp³-hybridized carbons (Fsp3) is 0.481. The van der Waals surface area contributed by atoms with Gasteiger partial charge in [0.1, 0.15) is 11.5 Å². The predicted molar refractivity (Wildman–Crippen MR) is 133 cm³/mol. The van der Waals surface area contributed by atoms with Crippen LogP contribution in [0.25, 0.3) is 6.08 Å². The fourth-order valence-electron chi connectivity index (χ4n) is 4.08. The van der Waals surface area contributed by atoms with Crippen molar-refractivity contribution < 1.29 is 14.6 Å². The third-order valence-electron chi connectivity index (χ3n) is 5.83. The molecule has 6 heteroatoms. The first-order valence-corrected chi connectivity index (χ1v) is 12.3. The molecule has 1 aliphatic rings. The number of nitrogens with zero attached hydrogens (tertiary/aromatic N) is 1. The largest absolute Gasteiger partial charge is 0.492 e. The maximum atomic E-state index is 10.5. The van der Waals surface area contributed by atoms with E-state index in [-0.39, 0.29) is 0 Å². The van der Waals surface area contributed by atoms with Crippen LogP contribution in [0.2, 0.25) is 0 Å². The normalized spacial score (nSPS) is 14.5. The number of nitrogens with one attached hydrogen (secondary N) is 2. The minimum absolute atomic E-state index is 0.309. The molecule has 6 nitrogen and oxygen atoms in total. The van der Waals surface area contributed by atoms with Crippen LogP contribution in [0.3, 0.4) is 0 Å². The van der Waals surface area contributed by atoms with Crippen LogP contribution in [0.1, 0.15) is 88.2 Å². The van der Waals surface area contributed by atoms with Crippen molar-refractivity contribution in [1.82, 2.24) is 9.97 Å². The first-order valence-electron chi connectivity index (χ1n) is 12.3. The SMILES string of the molecule is CCOC1=CC(c2ccc[nH]2)=NC1=Cc1ccc(CCCCCCCCCCCC(=O)O)[nH]1. The number of aliphatic carboxylic acids is 1. The van der Waals surface area contributed by atoms with Gasteiger partial charge in [0.25, 0.3) is 0 Å². The molecule has 0 atom stereocenters. The number of carboxylic acids is 1. The van der Waals surface area contributed by atoms with Gasteiger partial charge in [-0.3, -0.25) is 4.79 Å². The second-order valence-corrected chi connectivity index (χ2v) is 8.57. The maximum absolute atomic E-state index is 10.5. The highest BCUT2D eigenvalue weighted by atomic mass is 16.5. The number of aromatic nitrogens is 2. The molecule has 33 heavy (non-hydrogen) atoms. The highest BCUT2D eigenvalue weighted by molar-refractivity contribution is 6.11. The number of aliphatic imine (C=N–C) groups is 1. The Morgan fingerprint density at radius 1 is 1.03 bits per heavy atom. The molecule has 2 aromatic rings. The van der Waals surface area contributed by atoms with Crippen LogP contribution in [0.15, 0.2) is 53.0 Å². The van der Waals surface area contributed by atoms with Gasteiger partial charge in [-0.25, -0.2) is 4.99 Å². The average molecular weight is 452 g/mol. The van der Waals surface area contributed by atoms with Crippen molar-refractivity contribution in [3.05, 3.63) is 65.1 Å². The van der Waals surface area contributed by atoms with Gasteiger partial charge in [-0.05, 0) is 56.5 Å². The van der Waals surface area contributed by atoms with Gasteiger partial charge in [0.05, 0.1) is 18.0 Å². The summed E-state index contributed by atoms with van der Waals surface area (Å²) >= 11 is 0. The van der Waals surface area contributed by atoms with E-state index in [1.807, 2.05) is 31.3 Å². The van der Waals surface area contributed by atoms with E-state index in [9.17, 15) is 4.79 Å². The van der Waals surface area contributed by atoms with E-state index in [1.54, 1.807) is 0 Å². The molecule has 2 aromatic heterocycles. The van der Waals surface area contributed by atoms with Gasteiger partial charge in [0, 0.05) is 30.1 Å². The lowest BCUT2D eigenvalue weighted by Crippen LogP contribution is -1.94. The number of carbonyl (C=O) groups is 1. The number of unbranched alkanes of at least 4 members (excludes halogenated alkanes) is 8. The van der Waals surface area contributed by atoms with Gasteiger partial charge in [0.2, 0.25) is 0 Å². The van der Waals surface area contributed by atoms with Crippen molar-refractivity contribution >= 4 is 17.8 Å². The van der Waals surface area contributed by atoms with Crippen LogP contribution in [0.4, 0.5) is 0 Å². The van der Waals surface area contributed by atoms with E-state index >= 15 is 0 Å². The van der Waals surface area contributed by atoms with Crippen LogP contribution < -0.4 is 0 Å². The molecule has 0 fully saturated rings. The van der Waals surface area contributed by atoms with E-state index in [1.165, 1.54) is 44.2 Å². The molecule has 1 aliphatic heterocycles. The molecule has 0 aliphatic carbocycles. The van der Waals surface area contributed by atoms with Gasteiger partial charge in [-0.15, -0.1) is 0 Å². The Kier molecular flexibility index (Phi) is 10.1. The Labute approximate surface area is 196 Å². The van der Waals surface area contributed by atoms with Crippen LogP contribution in [-0.4, -0.2) is 33.4 Å². The highest BCUT2D eigenvalue weighted by Gasteiger charge is 2.17. The van der Waals surface area contributed by atoms with E-state index in [0.717, 1.165) is 54.2 Å². The lowest BCUT2D eigenvalue weighted by atomic mass is 10.1. The number of allylic oxidation sites excluding steroid dienone is 1. The maximum Gasteiger partial charge on any atom is 0.303 e. The number of aryl methyl sites for hydroxylation is 1. The zero-order valence-corrected chi connectivity index (χ0v) is 19.7. The van der Waals surface area contributed by atoms with Crippen molar-refractivity contribution in [2.45, 2.75) is 77.6 Å². The van der Waals surface area contributed by atoms with Gasteiger partial charge < -0.3 is 19.8 Å². The smallest absolute Gasteiger partial charge is 0.303 e. The summed E-state index contributed by atoms with van der Waals surface area (Å²) in [5.74, 6) is 0.127. The number of aromatic amines is 2. The summed E-state index contributed by atoms with van der Waals surface area (Å²) in [7, 11) is 0. The van der Waals surface area contributed by atoms with E-state index < -0.39 is 5.97 Å². The predicted octanol–water partition coefficient (Wildman–Crippen LogP) is 6.64. The van der Waals surface area contributed by atoms with Crippen molar-refractivity contribution in [3.8, 4) is 0 Å². The third-order valence-corrected chi connectivity index (χ3v) is 5.83. The molecule has 0 saturated carbocycles. The molecule has 0 amide bonds. The van der Waals surface area contributed by atoms with Crippen molar-refractivity contribution in [1.29, 1.82) is 0 Å². The summed E-state index contributed by atoms with van der Waals surface area (Å²) in [6.45, 7) is 2.59. The topological polar surface area (TPSA) is 90.5 Å². The third kappa shape index (κ3) is 8.44. The standard InChI is InChI=1S/C27H37N3O3/c1-2-33-26-20-24(23-14-12-18-28-23)30-25(26)19-22-17-16-21(29-22)13-10-8-6-4-3-5-7-9-11-15-27(31)32/h12,14,16-20,28-29H,2-11,13,15H2,1H3,(H,31,32). The second-order valence-electron chi connectivity index (χ2n) is 8.57. The number of ether oxygens (including phenoxy) is 1. The molecule has 0 saturated heterocycles. The Balaban J connectivity index is 1.36. The monoisotopic (exact) mass is 451 g/mol. The summed E-state index contributed by atoms with van der Waals surface area (Å²) in [6, 6.07) is 8.25. The summed E-state index contributed by atoms with van der Waals surface area (Å²) in [4.78, 5) is 22.0. The van der Waals surface area contributed by atoms with Crippen molar-refractivity contribution in [3.63, 3.8) is 0 Å². The lowest BCUT2D eigenvalue weighted by molar-refractivity contribution is -0.137. The van der Waals surface area contributed by atoms with Crippen LogP contribution in [0, 0.1) is 0 Å². The summed E-state index contributed by atoms with van der Waals surface area (Å²) in [6.07, 6.45) is 17.8. The molecule has 0 aromatic carbocycles. The fourth-order valence-corrected chi connectivity index (χ4v) is 4.08. The van der Waals surface area contributed by atoms with Gasteiger partial charge in [-0.2, -0.15) is 0 Å². The molecule has 0 unspecified atom stereocenters. The van der Waals surface area contributed by atoms with Gasteiger partial charge >= 0.3 is 5.97 Å². The zero-order chi connectivity index (χ0) is 23.3. The molecule has 0 radical (unpaired) electrons. The van der Waals surface area contributed by atoms with E-state index in [2.05, 4.69) is 28.2 Å². The molecular weight excluding hydrogens is 414 g/mol. The van der Waals surface area contributed by atoms with Crippen LogP contribution in [0.5, 0.6) is 0 Å². The number of carboxylic acid groups (broad SMARTS) is 1. The van der Waals surface area contributed by atoms with Gasteiger partial charge in [-0.1, -0.05) is 44.9 Å². The number of hydrogen-bond acceptors (Lipinski definition) is 3. The second kappa shape index (κ2) is 13.5. The number of H-pyrrole nitrogens is 2. The number of rotatable bonds is 16. The average Bonchev–Trinajstić information content (AvgIpc) is 3.54. The Hall–Kier alpha value is -3.02. The lowest BCUT2D eigenvalue weighted by Gasteiger charge is -2.04. The molecule has 3 N–H and O–H groups in total. The van der Waals surface area contributed by atoms with Crippen LogP contribution >= 0.6 is 0 Å². The molecule has 178 valence electrons. The zero-order valence-electron chi connectivity index (χ0n) is 19.7. The summed E-state index contributed by atoms with van der Waals surface area (Å²) < 4.78 is 5.80. The van der Waals surface area contributed by atoms with E-state index in [0.29, 0.717) is 13.0 Å². The van der Waals surface area contributed by atoms with Gasteiger partial charge in [0.15, 0.2) is 0 Å². The molecule has 0 spiro atoms. The molecule has 3 rings (SSSR count). The first kappa shape index (κ1) is 24.6. The first-order chi connectivity index (χ1) is 16.2. The minimum Gasteiger partial charge on any atom is -0.492 e. The minimum atomic E-state index is -0.679. The van der Waals surface area contributed by atoms with Crippen LogP contribution in [-0.2, 0) is 16.0 Å². The van der Waals surface area contributed by atoms with Crippen molar-refractivity contribution in [2.24, 2.45) is 4.99 Å². The quantitative estimate of drug-likeness (QED) is 0.250.